The van der Waals surface area contributed by atoms with Crippen molar-refractivity contribution in [3.63, 3.8) is 0 Å². The molecule has 14 heteroatoms. The molecule has 0 saturated carbocycles. The molecule has 0 aliphatic carbocycles. The monoisotopic (exact) mass is 490 g/mol. The van der Waals surface area contributed by atoms with Crippen molar-refractivity contribution in [1.82, 2.24) is 0 Å². The van der Waals surface area contributed by atoms with Gasteiger partial charge < -0.3 is 9.47 Å². The second-order valence-corrected chi connectivity index (χ2v) is 8.47. The van der Waals surface area contributed by atoms with Crippen LogP contribution in [-0.2, 0) is 33.8 Å². The minimum atomic E-state index is -5.31. The molecule has 34 heavy (non-hydrogen) atoms. The maximum atomic E-state index is 13.1. The molecule has 0 aliphatic rings. The van der Waals surface area contributed by atoms with Gasteiger partial charge in [-0.2, -0.15) is 21.6 Å². The summed E-state index contributed by atoms with van der Waals surface area (Å²) in [4.78, 5) is 25.3. The van der Waals surface area contributed by atoms with Crippen molar-refractivity contribution < 1.29 is 45.2 Å². The van der Waals surface area contributed by atoms with Crippen molar-refractivity contribution in [2.45, 2.75) is 31.2 Å². The van der Waals surface area contributed by atoms with Gasteiger partial charge in [-0.15, -0.1) is 0 Å². The van der Waals surface area contributed by atoms with E-state index in [2.05, 4.69) is 4.74 Å². The highest BCUT2D eigenvalue weighted by molar-refractivity contribution is 7.85. The van der Waals surface area contributed by atoms with E-state index in [1.807, 2.05) is 0 Å². The number of carbonyl (C=O) groups is 2. The molecule has 6 radical (unpaired) electrons. The van der Waals surface area contributed by atoms with E-state index in [1.54, 1.807) is 12.1 Å². The van der Waals surface area contributed by atoms with Crippen LogP contribution in [0.5, 0.6) is 5.75 Å². The van der Waals surface area contributed by atoms with Gasteiger partial charge in [-0.1, -0.05) is 48.8 Å². The smallest absolute Gasteiger partial charge is 0.426 e. The Morgan fingerprint density at radius 3 is 1.85 bits per heavy atom. The number of alkyl halides is 3. The molecular formula is C20H16B3F3O7S. The molecule has 0 saturated heterocycles. The summed E-state index contributed by atoms with van der Waals surface area (Å²) >= 11 is 0. The van der Waals surface area contributed by atoms with Crippen LogP contribution >= 0.6 is 0 Å². The minimum absolute atomic E-state index is 0.00918. The van der Waals surface area contributed by atoms with E-state index in [4.69, 9.17) is 32.8 Å². The fourth-order valence-electron chi connectivity index (χ4n) is 2.94. The van der Waals surface area contributed by atoms with Crippen LogP contribution in [0.4, 0.5) is 13.2 Å². The van der Waals surface area contributed by atoms with Crippen LogP contribution in [0.2, 0.25) is 0 Å². The summed E-state index contributed by atoms with van der Waals surface area (Å²) in [5.74, 6) is -4.69. The topological polar surface area (TPSA) is 107 Å². The molecule has 0 aromatic heterocycles. The molecule has 0 fully saturated rings. The van der Waals surface area contributed by atoms with Gasteiger partial charge in [0, 0.05) is 0 Å². The van der Waals surface area contributed by atoms with E-state index in [0.29, 0.717) is 16.7 Å². The Hall–Kier alpha value is -2.73. The number of ether oxygens (including phenoxy) is 2. The lowest BCUT2D eigenvalue weighted by atomic mass is 9.85. The largest absolute Gasteiger partial charge is 0.448 e. The summed E-state index contributed by atoms with van der Waals surface area (Å²) in [6.07, 6.45) is -8.44. The number of halogens is 3. The van der Waals surface area contributed by atoms with Crippen LogP contribution in [0.15, 0.2) is 36.4 Å². The van der Waals surface area contributed by atoms with Gasteiger partial charge >= 0.3 is 18.1 Å². The fourth-order valence-corrected chi connectivity index (χ4v) is 3.58. The van der Waals surface area contributed by atoms with Gasteiger partial charge in [-0.25, -0.2) is 9.59 Å². The second-order valence-electron chi connectivity index (χ2n) is 6.97. The highest BCUT2D eigenvalue weighted by Gasteiger charge is 2.46. The summed E-state index contributed by atoms with van der Waals surface area (Å²) in [7, 11) is 11.9. The predicted molar refractivity (Wildman–Crippen MR) is 118 cm³/mol. The third-order valence-corrected chi connectivity index (χ3v) is 5.24. The maximum Gasteiger partial charge on any atom is 0.426 e. The van der Waals surface area contributed by atoms with Crippen LogP contribution in [0, 0.1) is 0 Å². The summed E-state index contributed by atoms with van der Waals surface area (Å²) < 4.78 is 79.6. The first-order valence-corrected chi connectivity index (χ1v) is 11.2. The molecular weight excluding hydrogens is 474 g/mol. The van der Waals surface area contributed by atoms with Crippen molar-refractivity contribution in [3.05, 3.63) is 64.2 Å². The minimum Gasteiger partial charge on any atom is -0.448 e. The standard InChI is InChI=1S/C20H16B3F3O7S/c21-7-11-5-12(8-22)17(13(6-11)9-23)33-19(28)15-4-2-1-3-14(15)18(27)32-16(20(24,25)26)10-34(29,30)31/h1-6,16H,7-10H2,(H,29,30,31). The Kier molecular flexibility index (Phi) is 9.01. The van der Waals surface area contributed by atoms with Crippen LogP contribution in [-0.4, -0.2) is 66.5 Å². The molecule has 2 aromatic carbocycles. The predicted octanol–water partition coefficient (Wildman–Crippen LogP) is 1.89. The number of carbonyl (C=O) groups excluding carboxylic acids is 2. The average Bonchev–Trinajstić information content (AvgIpc) is 2.76. The Morgan fingerprint density at radius 2 is 1.44 bits per heavy atom. The van der Waals surface area contributed by atoms with Gasteiger partial charge in [-0.3, -0.25) is 4.55 Å². The number of rotatable bonds is 9. The van der Waals surface area contributed by atoms with Gasteiger partial charge in [0.2, 0.25) is 6.10 Å². The molecule has 2 rings (SSSR count). The molecule has 1 atom stereocenters. The second kappa shape index (κ2) is 11.1. The summed E-state index contributed by atoms with van der Waals surface area (Å²) in [5.41, 5.74) is 0.333. The third kappa shape index (κ3) is 7.13. The quantitative estimate of drug-likeness (QED) is 0.248. The highest BCUT2D eigenvalue weighted by atomic mass is 32.2. The van der Waals surface area contributed by atoms with E-state index < -0.39 is 51.2 Å². The first-order chi connectivity index (χ1) is 15.8. The first kappa shape index (κ1) is 27.5. The van der Waals surface area contributed by atoms with E-state index in [9.17, 15) is 31.2 Å². The molecule has 1 N–H and O–H groups in total. The van der Waals surface area contributed by atoms with Gasteiger partial charge in [0.1, 0.15) is 11.5 Å². The Labute approximate surface area is 198 Å². The van der Waals surface area contributed by atoms with Crippen LogP contribution in [0.3, 0.4) is 0 Å². The van der Waals surface area contributed by atoms with Gasteiger partial charge in [0.15, 0.2) is 0 Å². The maximum absolute atomic E-state index is 13.1. The van der Waals surface area contributed by atoms with Crippen molar-refractivity contribution in [3.8, 4) is 5.75 Å². The zero-order valence-electron chi connectivity index (χ0n) is 17.5. The summed E-state index contributed by atoms with van der Waals surface area (Å²) in [5, 5.41) is 0. The van der Waals surface area contributed by atoms with Crippen LogP contribution in [0.25, 0.3) is 0 Å². The van der Waals surface area contributed by atoms with E-state index in [0.717, 1.165) is 12.1 Å². The molecule has 1 unspecified atom stereocenters. The third-order valence-electron chi connectivity index (χ3n) is 4.52. The fraction of sp³-hybridized carbons (Fsp3) is 0.300. The highest BCUT2D eigenvalue weighted by Crippen LogP contribution is 2.29. The molecule has 0 spiro atoms. The van der Waals surface area contributed by atoms with E-state index >= 15 is 0 Å². The van der Waals surface area contributed by atoms with Crippen molar-refractivity contribution >= 4 is 45.6 Å². The van der Waals surface area contributed by atoms with Gasteiger partial charge in [0.25, 0.3) is 10.1 Å². The normalized spacial score (nSPS) is 12.7. The van der Waals surface area contributed by atoms with E-state index in [1.165, 1.54) is 12.1 Å². The SMILES string of the molecule is [B]Cc1cc(C[B])c(OC(=O)c2ccccc2C(=O)OC(CS(=O)(=O)O)C(F)(F)F)c(C[B])c1. The Balaban J connectivity index is 2.40. The van der Waals surface area contributed by atoms with Crippen molar-refractivity contribution in [2.75, 3.05) is 5.75 Å². The van der Waals surface area contributed by atoms with Gasteiger partial charge in [0.05, 0.1) is 34.7 Å². The lowest BCUT2D eigenvalue weighted by Crippen LogP contribution is -2.39. The van der Waals surface area contributed by atoms with Crippen molar-refractivity contribution in [1.29, 1.82) is 0 Å². The van der Waals surface area contributed by atoms with Crippen LogP contribution < -0.4 is 4.74 Å². The molecule has 0 amide bonds. The van der Waals surface area contributed by atoms with Gasteiger partial charge in [-0.05, 0) is 23.3 Å². The zero-order chi connectivity index (χ0) is 25.7. The average molecular weight is 490 g/mol. The molecule has 174 valence electrons. The molecule has 0 heterocycles. The number of benzene rings is 2. The molecule has 2 aromatic rings. The van der Waals surface area contributed by atoms with Crippen molar-refractivity contribution in [2.24, 2.45) is 0 Å². The van der Waals surface area contributed by atoms with Crippen LogP contribution in [0.1, 0.15) is 37.4 Å². The van der Waals surface area contributed by atoms with E-state index in [-0.39, 0.29) is 24.7 Å². The summed E-state index contributed by atoms with van der Waals surface area (Å²) in [6.45, 7) is 0. The lowest BCUT2D eigenvalue weighted by molar-refractivity contribution is -0.197. The zero-order valence-corrected chi connectivity index (χ0v) is 18.4. The Bertz CT molecular complexity index is 1150. The lowest BCUT2D eigenvalue weighted by Gasteiger charge is -2.20. The molecule has 0 bridgehead atoms. The number of hydrogen-bond donors (Lipinski definition) is 1. The molecule has 7 nitrogen and oxygen atoms in total. The first-order valence-electron chi connectivity index (χ1n) is 9.59. The number of hydrogen-bond acceptors (Lipinski definition) is 6. The summed E-state index contributed by atoms with van der Waals surface area (Å²) in [6, 6.07) is 7.83. The number of esters is 2. The Morgan fingerprint density at radius 1 is 0.941 bits per heavy atom. The molecule has 0 aliphatic heterocycles.